The third-order valence-electron chi connectivity index (χ3n) is 4.76. The molecule has 1 N–H and O–H groups in total. The van der Waals surface area contributed by atoms with Crippen molar-refractivity contribution in [2.24, 2.45) is 5.92 Å². The summed E-state index contributed by atoms with van der Waals surface area (Å²) in [4.78, 5) is 0. The molecule has 0 aliphatic heterocycles. The van der Waals surface area contributed by atoms with Gasteiger partial charge in [0, 0.05) is 6.04 Å². The first-order valence-electron chi connectivity index (χ1n) is 7.72. The van der Waals surface area contributed by atoms with E-state index in [9.17, 15) is 0 Å². The summed E-state index contributed by atoms with van der Waals surface area (Å²) in [7, 11) is 0. The van der Waals surface area contributed by atoms with Crippen molar-refractivity contribution >= 4 is 0 Å². The zero-order valence-electron chi connectivity index (χ0n) is 11.3. The van der Waals surface area contributed by atoms with Crippen LogP contribution in [0.15, 0.2) is 24.3 Å². The first-order chi connectivity index (χ1) is 8.92. The van der Waals surface area contributed by atoms with Crippen LogP contribution in [0, 0.1) is 5.92 Å². The lowest BCUT2D eigenvalue weighted by molar-refractivity contribution is 0.328. The number of hydrogen-bond acceptors (Lipinski definition) is 1. The van der Waals surface area contributed by atoms with E-state index >= 15 is 0 Å². The van der Waals surface area contributed by atoms with E-state index in [1.54, 1.807) is 11.1 Å². The van der Waals surface area contributed by atoms with Crippen LogP contribution in [0.4, 0.5) is 0 Å². The Morgan fingerprint density at radius 2 is 1.61 bits per heavy atom. The number of nitrogens with one attached hydrogen (secondary N) is 1. The lowest BCUT2D eigenvalue weighted by atomic mass is 9.87. The summed E-state index contributed by atoms with van der Waals surface area (Å²) in [6.07, 6.45) is 11.2. The standard InChI is InChI=1S/C17H25N/c1-2-6-14(7-3-1)10-11-18-17-12-15-8-4-5-9-16(15)13-17/h4-5,8-9,14,17-18H,1-3,6-7,10-13H2. The van der Waals surface area contributed by atoms with E-state index in [4.69, 9.17) is 0 Å². The quantitative estimate of drug-likeness (QED) is 0.850. The third-order valence-corrected chi connectivity index (χ3v) is 4.76. The molecule has 1 heteroatoms. The number of hydrogen-bond donors (Lipinski definition) is 1. The molecule has 1 nitrogen and oxygen atoms in total. The number of benzene rings is 1. The molecule has 3 rings (SSSR count). The van der Waals surface area contributed by atoms with Crippen LogP contribution in [-0.4, -0.2) is 12.6 Å². The second-order valence-electron chi connectivity index (χ2n) is 6.12. The first-order valence-corrected chi connectivity index (χ1v) is 7.72. The lowest BCUT2D eigenvalue weighted by Gasteiger charge is -2.22. The van der Waals surface area contributed by atoms with Crippen molar-refractivity contribution in [2.45, 2.75) is 57.4 Å². The molecule has 18 heavy (non-hydrogen) atoms. The molecule has 0 bridgehead atoms. The van der Waals surface area contributed by atoms with E-state index in [-0.39, 0.29) is 0 Å². The molecule has 0 aromatic heterocycles. The summed E-state index contributed by atoms with van der Waals surface area (Å²) >= 11 is 0. The summed E-state index contributed by atoms with van der Waals surface area (Å²) in [5.74, 6) is 1.01. The van der Waals surface area contributed by atoms with E-state index in [1.807, 2.05) is 0 Å². The van der Waals surface area contributed by atoms with E-state index in [2.05, 4.69) is 29.6 Å². The Bertz CT molecular complexity index is 354. The average molecular weight is 243 g/mol. The van der Waals surface area contributed by atoms with Crippen LogP contribution in [0.1, 0.15) is 49.7 Å². The largest absolute Gasteiger partial charge is 0.313 e. The van der Waals surface area contributed by atoms with Crippen LogP contribution in [0.25, 0.3) is 0 Å². The minimum Gasteiger partial charge on any atom is -0.313 e. The molecule has 0 radical (unpaired) electrons. The molecule has 2 aliphatic carbocycles. The highest BCUT2D eigenvalue weighted by molar-refractivity contribution is 5.33. The highest BCUT2D eigenvalue weighted by Crippen LogP contribution is 2.26. The van der Waals surface area contributed by atoms with Gasteiger partial charge in [-0.25, -0.2) is 0 Å². The summed E-state index contributed by atoms with van der Waals surface area (Å²) in [5, 5.41) is 3.78. The van der Waals surface area contributed by atoms with E-state index in [1.165, 1.54) is 57.9 Å². The summed E-state index contributed by atoms with van der Waals surface area (Å²) in [6.45, 7) is 1.23. The van der Waals surface area contributed by atoms with Crippen molar-refractivity contribution in [2.75, 3.05) is 6.54 Å². The molecule has 2 aliphatic rings. The predicted molar refractivity (Wildman–Crippen MR) is 76.8 cm³/mol. The fourth-order valence-corrected chi connectivity index (χ4v) is 3.67. The van der Waals surface area contributed by atoms with Gasteiger partial charge in [0.05, 0.1) is 0 Å². The van der Waals surface area contributed by atoms with Crippen molar-refractivity contribution in [3.05, 3.63) is 35.4 Å². The number of fused-ring (bicyclic) bond motifs is 1. The van der Waals surface area contributed by atoms with Gasteiger partial charge in [-0.1, -0.05) is 56.4 Å². The van der Waals surface area contributed by atoms with Crippen molar-refractivity contribution in [3.8, 4) is 0 Å². The topological polar surface area (TPSA) is 12.0 Å². The van der Waals surface area contributed by atoms with Crippen molar-refractivity contribution in [3.63, 3.8) is 0 Å². The van der Waals surface area contributed by atoms with Crippen molar-refractivity contribution < 1.29 is 0 Å². The molecule has 98 valence electrons. The smallest absolute Gasteiger partial charge is 0.0148 e. The van der Waals surface area contributed by atoms with Crippen LogP contribution in [0.2, 0.25) is 0 Å². The minimum absolute atomic E-state index is 0.700. The first kappa shape index (κ1) is 12.2. The highest BCUT2D eigenvalue weighted by Gasteiger charge is 2.20. The molecule has 1 aromatic rings. The maximum absolute atomic E-state index is 3.78. The third kappa shape index (κ3) is 2.95. The van der Waals surface area contributed by atoms with Crippen LogP contribution in [-0.2, 0) is 12.8 Å². The molecule has 0 saturated heterocycles. The van der Waals surface area contributed by atoms with Gasteiger partial charge in [-0.15, -0.1) is 0 Å². The van der Waals surface area contributed by atoms with Gasteiger partial charge in [-0.3, -0.25) is 0 Å². The van der Waals surface area contributed by atoms with Crippen molar-refractivity contribution in [1.29, 1.82) is 0 Å². The molecule has 0 spiro atoms. The van der Waals surface area contributed by atoms with Crippen LogP contribution in [0.5, 0.6) is 0 Å². The monoisotopic (exact) mass is 243 g/mol. The Morgan fingerprint density at radius 1 is 0.944 bits per heavy atom. The van der Waals surface area contributed by atoms with Crippen LogP contribution in [0.3, 0.4) is 0 Å². The Labute approximate surface area is 111 Å². The van der Waals surface area contributed by atoms with Gasteiger partial charge in [-0.05, 0) is 42.9 Å². The second-order valence-corrected chi connectivity index (χ2v) is 6.12. The molecular weight excluding hydrogens is 218 g/mol. The Balaban J connectivity index is 1.40. The van der Waals surface area contributed by atoms with Gasteiger partial charge in [-0.2, -0.15) is 0 Å². The Morgan fingerprint density at radius 3 is 2.28 bits per heavy atom. The Hall–Kier alpha value is -0.820. The highest BCUT2D eigenvalue weighted by atomic mass is 14.9. The normalized spacial score (nSPS) is 21.1. The summed E-state index contributed by atoms with van der Waals surface area (Å²) < 4.78 is 0. The molecular formula is C17H25N. The second kappa shape index (κ2) is 5.88. The van der Waals surface area contributed by atoms with Crippen molar-refractivity contribution in [1.82, 2.24) is 5.32 Å². The molecule has 0 heterocycles. The Kier molecular flexibility index (Phi) is 3.99. The lowest BCUT2D eigenvalue weighted by Crippen LogP contribution is -2.31. The molecule has 0 amide bonds. The maximum atomic E-state index is 3.78. The zero-order valence-corrected chi connectivity index (χ0v) is 11.3. The number of rotatable bonds is 4. The summed E-state index contributed by atoms with van der Waals surface area (Å²) in [5.41, 5.74) is 3.13. The minimum atomic E-state index is 0.700. The van der Waals surface area contributed by atoms with Gasteiger partial charge in [0.25, 0.3) is 0 Å². The molecule has 1 saturated carbocycles. The fraction of sp³-hybridized carbons (Fsp3) is 0.647. The summed E-state index contributed by atoms with van der Waals surface area (Å²) in [6, 6.07) is 9.62. The van der Waals surface area contributed by atoms with E-state index in [0.29, 0.717) is 6.04 Å². The van der Waals surface area contributed by atoms with Gasteiger partial charge >= 0.3 is 0 Å². The predicted octanol–water partition coefficient (Wildman–Crippen LogP) is 3.71. The van der Waals surface area contributed by atoms with Gasteiger partial charge in [0.2, 0.25) is 0 Å². The van der Waals surface area contributed by atoms with Gasteiger partial charge in [0.15, 0.2) is 0 Å². The fourth-order valence-electron chi connectivity index (χ4n) is 3.67. The molecule has 0 unspecified atom stereocenters. The maximum Gasteiger partial charge on any atom is 0.0148 e. The van der Waals surface area contributed by atoms with E-state index in [0.717, 1.165) is 5.92 Å². The molecule has 1 fully saturated rings. The van der Waals surface area contributed by atoms with Gasteiger partial charge < -0.3 is 5.32 Å². The molecule has 1 aromatic carbocycles. The zero-order chi connectivity index (χ0) is 12.2. The average Bonchev–Trinajstić information content (AvgIpc) is 2.82. The van der Waals surface area contributed by atoms with Gasteiger partial charge in [0.1, 0.15) is 0 Å². The SMILES string of the molecule is c1ccc2c(c1)CC(NCCC1CCCCC1)C2. The van der Waals surface area contributed by atoms with Crippen LogP contribution >= 0.6 is 0 Å². The van der Waals surface area contributed by atoms with E-state index < -0.39 is 0 Å². The van der Waals surface area contributed by atoms with Crippen LogP contribution < -0.4 is 5.32 Å². The molecule has 0 atom stereocenters.